The molecule has 5 rings (SSSR count). The molecular weight excluding hydrogens is 457 g/mol. The van der Waals surface area contributed by atoms with Gasteiger partial charge in [0.15, 0.2) is 5.82 Å². The van der Waals surface area contributed by atoms with Gasteiger partial charge < -0.3 is 9.88 Å². The van der Waals surface area contributed by atoms with Crippen molar-refractivity contribution in [3.05, 3.63) is 81.7 Å². The van der Waals surface area contributed by atoms with Crippen LogP contribution in [-0.4, -0.2) is 56.3 Å². The van der Waals surface area contributed by atoms with Gasteiger partial charge in [-0.25, -0.2) is 9.07 Å². The Morgan fingerprint density at radius 2 is 1.83 bits per heavy atom. The van der Waals surface area contributed by atoms with E-state index in [1.165, 1.54) is 6.07 Å². The molecule has 3 heterocycles. The molecule has 9 heteroatoms. The van der Waals surface area contributed by atoms with Crippen LogP contribution in [0.25, 0.3) is 10.9 Å². The average Bonchev–Trinajstić information content (AvgIpc) is 3.37. The molecule has 0 amide bonds. The maximum absolute atomic E-state index is 14.4. The van der Waals surface area contributed by atoms with E-state index >= 15 is 0 Å². The fourth-order valence-corrected chi connectivity index (χ4v) is 4.98. The van der Waals surface area contributed by atoms with Crippen molar-refractivity contribution in [3.63, 3.8) is 0 Å². The number of aromatic amines is 1. The van der Waals surface area contributed by atoms with Crippen LogP contribution in [0.4, 0.5) is 10.1 Å². The molecule has 1 N–H and O–H groups in total. The number of benzene rings is 2. The van der Waals surface area contributed by atoms with Crippen LogP contribution in [0.3, 0.4) is 0 Å². The molecular formula is C27H32FN7O. The summed E-state index contributed by atoms with van der Waals surface area (Å²) in [7, 11) is 0. The zero-order valence-corrected chi connectivity index (χ0v) is 21.2. The molecule has 8 nitrogen and oxygen atoms in total. The first-order valence-corrected chi connectivity index (χ1v) is 12.4. The number of nitrogens with zero attached hydrogens (tertiary/aromatic N) is 6. The molecule has 0 bridgehead atoms. The first-order valence-electron chi connectivity index (χ1n) is 12.4. The van der Waals surface area contributed by atoms with Crippen molar-refractivity contribution in [2.75, 3.05) is 31.1 Å². The lowest BCUT2D eigenvalue weighted by atomic mass is 9.98. The Morgan fingerprint density at radius 3 is 2.56 bits per heavy atom. The average molecular weight is 490 g/mol. The maximum atomic E-state index is 14.4. The van der Waals surface area contributed by atoms with Crippen LogP contribution < -0.4 is 10.5 Å². The molecule has 188 valence electrons. The number of H-pyrrole nitrogens is 1. The standard InChI is InChI=1S/C27H32FN7O/c1-5-27(3,4)35-25(30-31-32-35)24(20-17-19-10-8-9-18(2)23(19)29-26(20)36)34-15-13-33(14-16-34)22-12-7-6-11-21(22)28/h6-12,17,24H,5,13-16H2,1-4H3,(H,29,36). The number of piperazine rings is 1. The third kappa shape index (κ3) is 4.28. The first-order chi connectivity index (χ1) is 17.3. The highest BCUT2D eigenvalue weighted by molar-refractivity contribution is 5.82. The van der Waals surface area contributed by atoms with Crippen LogP contribution in [0.2, 0.25) is 0 Å². The molecule has 36 heavy (non-hydrogen) atoms. The number of hydrogen-bond acceptors (Lipinski definition) is 6. The molecule has 2 aromatic heterocycles. The van der Waals surface area contributed by atoms with E-state index in [0.717, 1.165) is 22.9 Å². The molecule has 1 unspecified atom stereocenters. The SMILES string of the molecule is CCC(C)(C)n1nnnc1C(c1cc2cccc(C)c2[nH]c1=O)N1CCN(c2ccccc2F)CC1. The number of nitrogens with one attached hydrogen (secondary N) is 1. The van der Waals surface area contributed by atoms with Crippen molar-refractivity contribution < 1.29 is 4.39 Å². The first kappa shape index (κ1) is 24.1. The second-order valence-corrected chi connectivity index (χ2v) is 10.1. The van der Waals surface area contributed by atoms with Gasteiger partial charge >= 0.3 is 0 Å². The summed E-state index contributed by atoms with van der Waals surface area (Å²) in [4.78, 5) is 20.9. The number of rotatable bonds is 6. The molecule has 0 saturated carbocycles. The smallest absolute Gasteiger partial charge is 0.253 e. The van der Waals surface area contributed by atoms with Gasteiger partial charge in [0.25, 0.3) is 5.56 Å². The molecule has 1 saturated heterocycles. The normalized spacial score (nSPS) is 16.0. The number of hydrogen-bond donors (Lipinski definition) is 1. The van der Waals surface area contributed by atoms with E-state index in [-0.39, 0.29) is 16.9 Å². The molecule has 0 aliphatic carbocycles. The van der Waals surface area contributed by atoms with Crippen molar-refractivity contribution in [2.24, 2.45) is 0 Å². The number of tetrazole rings is 1. The molecule has 2 aromatic carbocycles. The zero-order chi connectivity index (χ0) is 25.4. The van der Waals surface area contributed by atoms with Gasteiger partial charge in [0.2, 0.25) is 0 Å². The summed E-state index contributed by atoms with van der Waals surface area (Å²) in [5.74, 6) is 0.413. The number of para-hydroxylation sites is 2. The van der Waals surface area contributed by atoms with Gasteiger partial charge in [-0.3, -0.25) is 9.69 Å². The summed E-state index contributed by atoms with van der Waals surface area (Å²) < 4.78 is 16.3. The zero-order valence-electron chi connectivity index (χ0n) is 21.2. The van der Waals surface area contributed by atoms with Gasteiger partial charge in [0, 0.05) is 31.7 Å². The van der Waals surface area contributed by atoms with E-state index in [9.17, 15) is 9.18 Å². The number of anilines is 1. The molecule has 1 fully saturated rings. The number of fused-ring (bicyclic) bond motifs is 1. The van der Waals surface area contributed by atoms with Gasteiger partial charge in [0.05, 0.1) is 16.7 Å². The van der Waals surface area contributed by atoms with Gasteiger partial charge in [-0.1, -0.05) is 37.3 Å². The molecule has 0 radical (unpaired) electrons. The minimum absolute atomic E-state index is 0.151. The quantitative estimate of drug-likeness (QED) is 0.441. The van der Waals surface area contributed by atoms with Crippen molar-refractivity contribution >= 4 is 16.6 Å². The number of aromatic nitrogens is 5. The third-order valence-electron chi connectivity index (χ3n) is 7.46. The minimum Gasteiger partial charge on any atom is -0.367 e. The third-order valence-corrected chi connectivity index (χ3v) is 7.46. The molecule has 4 aromatic rings. The lowest BCUT2D eigenvalue weighted by Gasteiger charge is -2.40. The van der Waals surface area contributed by atoms with Crippen molar-refractivity contribution in [2.45, 2.75) is 45.7 Å². The molecule has 1 aliphatic rings. The number of halogens is 1. The van der Waals surface area contributed by atoms with Crippen molar-refractivity contribution in [1.29, 1.82) is 0 Å². The monoisotopic (exact) mass is 489 g/mol. The van der Waals surface area contributed by atoms with E-state index in [2.05, 4.69) is 51.1 Å². The lowest BCUT2D eigenvalue weighted by molar-refractivity contribution is 0.186. The molecule has 1 aliphatic heterocycles. The van der Waals surface area contributed by atoms with Crippen LogP contribution in [0.15, 0.2) is 53.3 Å². The van der Waals surface area contributed by atoms with Crippen molar-refractivity contribution in [1.82, 2.24) is 30.1 Å². The largest absolute Gasteiger partial charge is 0.367 e. The van der Waals surface area contributed by atoms with Crippen LogP contribution in [0.5, 0.6) is 0 Å². The summed E-state index contributed by atoms with van der Waals surface area (Å²) in [5, 5.41) is 13.8. The second-order valence-electron chi connectivity index (χ2n) is 10.1. The maximum Gasteiger partial charge on any atom is 0.253 e. The lowest BCUT2D eigenvalue weighted by Crippen LogP contribution is -2.50. The fraction of sp³-hybridized carbons (Fsp3) is 0.407. The summed E-state index contributed by atoms with van der Waals surface area (Å²) in [5.41, 5.74) is 2.58. The number of aryl methyl sites for hydroxylation is 1. The van der Waals surface area contributed by atoms with Gasteiger partial charge in [0.1, 0.15) is 11.9 Å². The highest BCUT2D eigenvalue weighted by Gasteiger charge is 2.36. The summed E-state index contributed by atoms with van der Waals surface area (Å²) in [6.07, 6.45) is 0.825. The van der Waals surface area contributed by atoms with E-state index in [1.807, 2.05) is 48.0 Å². The molecule has 0 spiro atoms. The Balaban J connectivity index is 1.58. The topological polar surface area (TPSA) is 82.9 Å². The van der Waals surface area contributed by atoms with E-state index in [4.69, 9.17) is 0 Å². The Morgan fingerprint density at radius 1 is 1.08 bits per heavy atom. The predicted molar refractivity (Wildman–Crippen MR) is 139 cm³/mol. The van der Waals surface area contributed by atoms with Crippen molar-refractivity contribution in [3.8, 4) is 0 Å². The van der Waals surface area contributed by atoms with Crippen LogP contribution in [-0.2, 0) is 5.54 Å². The fourth-order valence-electron chi connectivity index (χ4n) is 4.98. The van der Waals surface area contributed by atoms with E-state index in [1.54, 1.807) is 6.07 Å². The van der Waals surface area contributed by atoms with Gasteiger partial charge in [-0.2, -0.15) is 0 Å². The Kier molecular flexibility index (Phi) is 6.34. The summed E-state index contributed by atoms with van der Waals surface area (Å²) in [6.45, 7) is 10.8. The molecule has 1 atom stereocenters. The highest BCUT2D eigenvalue weighted by atomic mass is 19.1. The Labute approximate surface area is 209 Å². The van der Waals surface area contributed by atoms with Crippen LogP contribution in [0.1, 0.15) is 50.2 Å². The predicted octanol–water partition coefficient (Wildman–Crippen LogP) is 4.02. The Hall–Kier alpha value is -3.59. The Bertz CT molecular complexity index is 1440. The van der Waals surface area contributed by atoms with E-state index in [0.29, 0.717) is 43.3 Å². The number of pyridine rings is 1. The van der Waals surface area contributed by atoms with Gasteiger partial charge in [-0.15, -0.1) is 5.10 Å². The van der Waals surface area contributed by atoms with Gasteiger partial charge in [-0.05, 0) is 66.8 Å². The second kappa shape index (κ2) is 9.46. The summed E-state index contributed by atoms with van der Waals surface area (Å²) in [6, 6.07) is 14.4. The van der Waals surface area contributed by atoms with E-state index < -0.39 is 6.04 Å². The summed E-state index contributed by atoms with van der Waals surface area (Å²) >= 11 is 0. The minimum atomic E-state index is -0.442. The highest BCUT2D eigenvalue weighted by Crippen LogP contribution is 2.32. The van der Waals surface area contributed by atoms with Crippen LogP contribution in [0, 0.1) is 12.7 Å². The van der Waals surface area contributed by atoms with Crippen LogP contribution >= 0.6 is 0 Å².